The van der Waals surface area contributed by atoms with Gasteiger partial charge in [-0.25, -0.2) is 4.90 Å². The van der Waals surface area contributed by atoms with E-state index < -0.39 is 0 Å². The number of likely N-dealkylation sites (tertiary alicyclic amines) is 1. The van der Waals surface area contributed by atoms with E-state index in [2.05, 4.69) is 11.8 Å². The molecule has 0 radical (unpaired) electrons. The fourth-order valence-corrected chi connectivity index (χ4v) is 4.22. The van der Waals surface area contributed by atoms with Gasteiger partial charge in [0.2, 0.25) is 0 Å². The van der Waals surface area contributed by atoms with Gasteiger partial charge in [-0.15, -0.1) is 0 Å². The monoisotopic (exact) mass is 390 g/mol. The summed E-state index contributed by atoms with van der Waals surface area (Å²) in [5.74, 6) is 0.707. The van der Waals surface area contributed by atoms with Crippen molar-refractivity contribution in [2.45, 2.75) is 26.7 Å². The van der Waals surface area contributed by atoms with Crippen LogP contribution < -0.4 is 9.64 Å². The van der Waals surface area contributed by atoms with Gasteiger partial charge in [-0.05, 0) is 61.1 Å². The van der Waals surface area contributed by atoms with Gasteiger partial charge >= 0.3 is 0 Å². The quantitative estimate of drug-likeness (QED) is 0.740. The highest BCUT2D eigenvalue weighted by molar-refractivity contribution is 6.45. The minimum absolute atomic E-state index is 0.236. The summed E-state index contributed by atoms with van der Waals surface area (Å²) in [6.07, 6.45) is 2.16. The fraction of sp³-hybridized carbons (Fsp3) is 0.333. The van der Waals surface area contributed by atoms with Gasteiger partial charge in [0.1, 0.15) is 11.4 Å². The van der Waals surface area contributed by atoms with Gasteiger partial charge in [-0.2, -0.15) is 0 Å². The molecular weight excluding hydrogens is 364 g/mol. The van der Waals surface area contributed by atoms with E-state index in [0.29, 0.717) is 22.9 Å². The van der Waals surface area contributed by atoms with Crippen LogP contribution in [0.2, 0.25) is 0 Å². The average molecular weight is 390 g/mol. The molecule has 1 unspecified atom stereocenters. The molecule has 2 aliphatic rings. The third kappa shape index (κ3) is 3.53. The first-order valence-electron chi connectivity index (χ1n) is 10.1. The molecule has 1 atom stereocenters. The molecule has 0 bridgehead atoms. The smallest absolute Gasteiger partial charge is 0.282 e. The molecule has 2 aromatic rings. The second-order valence-electron chi connectivity index (χ2n) is 7.93. The van der Waals surface area contributed by atoms with E-state index in [9.17, 15) is 9.59 Å². The van der Waals surface area contributed by atoms with Gasteiger partial charge in [-0.3, -0.25) is 9.59 Å². The van der Waals surface area contributed by atoms with Crippen molar-refractivity contribution in [3.05, 3.63) is 65.4 Å². The molecule has 2 heterocycles. The molecule has 0 saturated carbocycles. The Kier molecular flexibility index (Phi) is 5.14. The Balaban J connectivity index is 1.82. The Morgan fingerprint density at radius 1 is 1.03 bits per heavy atom. The lowest BCUT2D eigenvalue weighted by Crippen LogP contribution is -2.39. The van der Waals surface area contributed by atoms with Crippen molar-refractivity contribution in [2.75, 3.05) is 25.1 Å². The molecule has 2 aromatic carbocycles. The lowest BCUT2D eigenvalue weighted by atomic mass is 9.98. The number of piperidine rings is 1. The summed E-state index contributed by atoms with van der Waals surface area (Å²) >= 11 is 0. The molecule has 2 amide bonds. The van der Waals surface area contributed by atoms with Gasteiger partial charge in [-0.1, -0.05) is 31.2 Å². The van der Waals surface area contributed by atoms with Crippen LogP contribution in [0.25, 0.3) is 5.57 Å². The van der Waals surface area contributed by atoms with Crippen molar-refractivity contribution < 1.29 is 14.3 Å². The number of methoxy groups -OCH3 is 1. The van der Waals surface area contributed by atoms with Crippen molar-refractivity contribution in [2.24, 2.45) is 5.92 Å². The maximum atomic E-state index is 13.5. The highest BCUT2D eigenvalue weighted by Gasteiger charge is 2.43. The minimum Gasteiger partial charge on any atom is -0.497 e. The predicted octanol–water partition coefficient (Wildman–Crippen LogP) is 4.02. The highest BCUT2D eigenvalue weighted by Crippen LogP contribution is 2.37. The first-order chi connectivity index (χ1) is 14.0. The third-order valence-electron chi connectivity index (χ3n) is 5.67. The van der Waals surface area contributed by atoms with E-state index in [4.69, 9.17) is 4.74 Å². The number of amides is 2. The van der Waals surface area contributed by atoms with Gasteiger partial charge in [0.25, 0.3) is 11.8 Å². The second kappa shape index (κ2) is 7.74. The second-order valence-corrected chi connectivity index (χ2v) is 7.93. The van der Waals surface area contributed by atoms with Crippen molar-refractivity contribution in [3.63, 3.8) is 0 Å². The molecule has 29 heavy (non-hydrogen) atoms. The van der Waals surface area contributed by atoms with Gasteiger partial charge in [0.15, 0.2) is 0 Å². The lowest BCUT2D eigenvalue weighted by Gasteiger charge is -2.33. The molecule has 1 saturated heterocycles. The molecule has 0 spiro atoms. The Bertz CT molecular complexity index is 978. The molecule has 0 aromatic heterocycles. The van der Waals surface area contributed by atoms with Crippen LogP contribution in [0.5, 0.6) is 5.75 Å². The topological polar surface area (TPSA) is 49.9 Å². The number of benzene rings is 2. The summed E-state index contributed by atoms with van der Waals surface area (Å²) in [4.78, 5) is 30.4. The predicted molar refractivity (Wildman–Crippen MR) is 114 cm³/mol. The number of carbonyl (C=O) groups is 2. The van der Waals surface area contributed by atoms with Crippen molar-refractivity contribution in [3.8, 4) is 5.75 Å². The SMILES string of the molecule is COc1ccc(C2=C(N3CCCC(C)C3)C(=O)N(c3cccc(C)c3)C2=O)cc1. The number of hydrogen-bond donors (Lipinski definition) is 0. The molecule has 1 fully saturated rings. The maximum absolute atomic E-state index is 13.5. The van der Waals surface area contributed by atoms with E-state index in [-0.39, 0.29) is 11.8 Å². The first kappa shape index (κ1) is 19.2. The number of hydrogen-bond acceptors (Lipinski definition) is 4. The van der Waals surface area contributed by atoms with Crippen LogP contribution in [0, 0.1) is 12.8 Å². The Hall–Kier alpha value is -3.08. The van der Waals surface area contributed by atoms with Crippen molar-refractivity contribution in [1.29, 1.82) is 0 Å². The third-order valence-corrected chi connectivity index (χ3v) is 5.67. The van der Waals surface area contributed by atoms with Crippen molar-refractivity contribution in [1.82, 2.24) is 4.90 Å². The van der Waals surface area contributed by atoms with Crippen molar-refractivity contribution >= 4 is 23.1 Å². The zero-order valence-corrected chi connectivity index (χ0v) is 17.1. The molecule has 5 heteroatoms. The van der Waals surface area contributed by atoms with Crippen LogP contribution in [0.15, 0.2) is 54.2 Å². The average Bonchev–Trinajstić information content (AvgIpc) is 2.98. The zero-order chi connectivity index (χ0) is 20.5. The van der Waals surface area contributed by atoms with Gasteiger partial charge in [0, 0.05) is 13.1 Å². The van der Waals surface area contributed by atoms with E-state index >= 15 is 0 Å². The maximum Gasteiger partial charge on any atom is 0.282 e. The van der Waals surface area contributed by atoms with Gasteiger partial charge < -0.3 is 9.64 Å². The summed E-state index contributed by atoms with van der Waals surface area (Å²) in [6, 6.07) is 14.9. The number of anilines is 1. The lowest BCUT2D eigenvalue weighted by molar-refractivity contribution is -0.120. The Labute approximate surface area is 171 Å². The van der Waals surface area contributed by atoms with E-state index in [1.54, 1.807) is 7.11 Å². The first-order valence-corrected chi connectivity index (χ1v) is 10.1. The molecule has 150 valence electrons. The van der Waals surface area contributed by atoms with Crippen LogP contribution in [-0.2, 0) is 9.59 Å². The molecule has 4 rings (SSSR count). The van der Waals surface area contributed by atoms with E-state index in [1.165, 1.54) is 4.90 Å². The summed E-state index contributed by atoms with van der Waals surface area (Å²) in [5.41, 5.74) is 3.37. The molecule has 2 aliphatic heterocycles. The van der Waals surface area contributed by atoms with E-state index in [0.717, 1.165) is 42.8 Å². The number of carbonyl (C=O) groups excluding carboxylic acids is 2. The van der Waals surface area contributed by atoms with E-state index in [1.807, 2.05) is 55.5 Å². The number of nitrogens with zero attached hydrogens (tertiary/aromatic N) is 2. The highest BCUT2D eigenvalue weighted by atomic mass is 16.5. The van der Waals surface area contributed by atoms with Gasteiger partial charge in [0.05, 0.1) is 18.4 Å². The normalized spacial score (nSPS) is 19.9. The number of rotatable bonds is 4. The summed E-state index contributed by atoms with van der Waals surface area (Å²) in [7, 11) is 1.61. The Morgan fingerprint density at radius 2 is 1.79 bits per heavy atom. The van der Waals surface area contributed by atoms with Crippen LogP contribution in [0.4, 0.5) is 5.69 Å². The number of aryl methyl sites for hydroxylation is 1. The summed E-state index contributed by atoms with van der Waals surface area (Å²) in [6.45, 7) is 5.73. The molecule has 0 N–H and O–H groups in total. The minimum atomic E-state index is -0.265. The number of ether oxygens (including phenoxy) is 1. The van der Waals surface area contributed by atoms with Crippen LogP contribution in [-0.4, -0.2) is 36.9 Å². The standard InChI is InChI=1S/C24H26N2O3/c1-16-6-4-8-19(14-16)26-23(27)21(18-9-11-20(29-3)12-10-18)22(24(26)28)25-13-5-7-17(2)15-25/h4,6,8-12,14,17H,5,7,13,15H2,1-3H3. The summed E-state index contributed by atoms with van der Waals surface area (Å²) in [5, 5.41) is 0. The molecular formula is C24H26N2O3. The van der Waals surface area contributed by atoms with Crippen LogP contribution in [0.3, 0.4) is 0 Å². The Morgan fingerprint density at radius 3 is 2.45 bits per heavy atom. The fourth-order valence-electron chi connectivity index (χ4n) is 4.22. The summed E-state index contributed by atoms with van der Waals surface area (Å²) < 4.78 is 5.25. The molecule has 5 nitrogen and oxygen atoms in total. The molecule has 0 aliphatic carbocycles. The largest absolute Gasteiger partial charge is 0.497 e. The number of imide groups is 1. The zero-order valence-electron chi connectivity index (χ0n) is 17.1. The van der Waals surface area contributed by atoms with Crippen LogP contribution in [0.1, 0.15) is 30.9 Å². The van der Waals surface area contributed by atoms with Crippen LogP contribution >= 0.6 is 0 Å².